The van der Waals surface area contributed by atoms with Crippen LogP contribution in [0.3, 0.4) is 0 Å². The molecule has 1 fully saturated rings. The second kappa shape index (κ2) is 8.01. The quantitative estimate of drug-likeness (QED) is 0.558. The summed E-state index contributed by atoms with van der Waals surface area (Å²) in [5, 5.41) is 27.7. The van der Waals surface area contributed by atoms with Gasteiger partial charge in [-0.15, -0.1) is 0 Å². The van der Waals surface area contributed by atoms with E-state index in [9.17, 15) is 9.90 Å². The summed E-state index contributed by atoms with van der Waals surface area (Å²) in [5.41, 5.74) is 6.08. The minimum atomic E-state index is -1.34. The van der Waals surface area contributed by atoms with Gasteiger partial charge in [-0.2, -0.15) is 0 Å². The molecule has 0 bridgehead atoms. The van der Waals surface area contributed by atoms with Gasteiger partial charge in [-0.1, -0.05) is 24.6 Å². The summed E-state index contributed by atoms with van der Waals surface area (Å²) in [7, 11) is 0.607. The fraction of sp³-hybridized carbons (Fsp3) is 0.588. The molecule has 1 aromatic rings. The van der Waals surface area contributed by atoms with E-state index in [1.807, 2.05) is 42.3 Å². The summed E-state index contributed by atoms with van der Waals surface area (Å²) in [6.45, 7) is 0.585. The van der Waals surface area contributed by atoms with Gasteiger partial charge in [0.1, 0.15) is 5.54 Å². The number of hydrogen-bond donors (Lipinski definition) is 4. The first-order chi connectivity index (χ1) is 11.3. The molecule has 2 rings (SSSR count). The highest BCUT2D eigenvalue weighted by molar-refractivity contribution is 6.40. The lowest BCUT2D eigenvalue weighted by atomic mass is 9.66. The van der Waals surface area contributed by atoms with Gasteiger partial charge in [0.15, 0.2) is 0 Å². The van der Waals surface area contributed by atoms with Gasteiger partial charge >= 0.3 is 13.1 Å². The average Bonchev–Trinajstić information content (AvgIpc) is 2.55. The third-order valence-electron chi connectivity index (χ3n) is 5.20. The largest absolute Gasteiger partial charge is 0.480 e. The van der Waals surface area contributed by atoms with Crippen molar-refractivity contribution in [2.24, 2.45) is 17.6 Å². The van der Waals surface area contributed by atoms with Gasteiger partial charge in [0, 0.05) is 25.2 Å². The standard InChI is InChI=1S/C17H27BN2O4/c1-20(15-5-3-2-4-6-15)12-14-8-7-13(9-10-18(23)24)11-17(14,19)16(21)22/h2-6,13-14,23-24H,7-12,19H2,1H3,(H,21,22)/t13-,14-,17+/m0/s1. The average molecular weight is 334 g/mol. The molecule has 24 heavy (non-hydrogen) atoms. The number of aliphatic carboxylic acids is 1. The van der Waals surface area contributed by atoms with Gasteiger partial charge in [-0.05, 0) is 43.6 Å². The van der Waals surface area contributed by atoms with Crippen molar-refractivity contribution >= 4 is 18.8 Å². The van der Waals surface area contributed by atoms with Crippen molar-refractivity contribution in [3.05, 3.63) is 30.3 Å². The third-order valence-corrected chi connectivity index (χ3v) is 5.20. The summed E-state index contributed by atoms with van der Waals surface area (Å²) >= 11 is 0. The van der Waals surface area contributed by atoms with Crippen molar-refractivity contribution in [1.82, 2.24) is 0 Å². The van der Waals surface area contributed by atoms with Crippen LogP contribution in [0.2, 0.25) is 6.32 Å². The zero-order chi connectivity index (χ0) is 17.7. The van der Waals surface area contributed by atoms with Crippen LogP contribution >= 0.6 is 0 Å². The Labute approximate surface area is 143 Å². The van der Waals surface area contributed by atoms with E-state index in [1.54, 1.807) is 0 Å². The zero-order valence-electron chi connectivity index (χ0n) is 14.1. The van der Waals surface area contributed by atoms with E-state index in [0.717, 1.165) is 18.5 Å². The number of carbonyl (C=O) groups is 1. The van der Waals surface area contributed by atoms with Crippen LogP contribution in [-0.4, -0.2) is 47.4 Å². The van der Waals surface area contributed by atoms with Gasteiger partial charge < -0.3 is 25.8 Å². The fourth-order valence-electron chi connectivity index (χ4n) is 3.71. The maximum atomic E-state index is 11.8. The van der Waals surface area contributed by atoms with Crippen LogP contribution in [0.1, 0.15) is 25.7 Å². The molecule has 0 aliphatic heterocycles. The summed E-state index contributed by atoms with van der Waals surface area (Å²) in [5.74, 6) is -0.995. The van der Waals surface area contributed by atoms with Crippen LogP contribution in [0.25, 0.3) is 0 Å². The summed E-state index contributed by atoms with van der Waals surface area (Å²) in [4.78, 5) is 13.9. The van der Waals surface area contributed by atoms with E-state index >= 15 is 0 Å². The molecular weight excluding hydrogens is 307 g/mol. The van der Waals surface area contributed by atoms with E-state index < -0.39 is 18.6 Å². The van der Waals surface area contributed by atoms with Crippen molar-refractivity contribution in [3.63, 3.8) is 0 Å². The van der Waals surface area contributed by atoms with Crippen molar-refractivity contribution in [2.45, 2.75) is 37.5 Å². The van der Waals surface area contributed by atoms with Crippen LogP contribution in [-0.2, 0) is 4.79 Å². The number of nitrogens with zero attached hydrogens (tertiary/aromatic N) is 1. The number of para-hydroxylation sites is 1. The predicted octanol–water partition coefficient (Wildman–Crippen LogP) is 1.18. The Morgan fingerprint density at radius 1 is 1.33 bits per heavy atom. The summed E-state index contributed by atoms with van der Waals surface area (Å²) < 4.78 is 0. The molecule has 3 atom stereocenters. The molecule has 1 aromatic carbocycles. The van der Waals surface area contributed by atoms with Crippen LogP contribution in [0.5, 0.6) is 0 Å². The minimum Gasteiger partial charge on any atom is -0.480 e. The van der Waals surface area contributed by atoms with Crippen molar-refractivity contribution in [3.8, 4) is 0 Å². The van der Waals surface area contributed by atoms with Crippen LogP contribution < -0.4 is 10.6 Å². The maximum Gasteiger partial charge on any atom is 0.451 e. The Balaban J connectivity index is 2.05. The Morgan fingerprint density at radius 2 is 2.00 bits per heavy atom. The molecular formula is C17H27BN2O4. The number of nitrogens with two attached hydrogens (primary N) is 1. The first-order valence-corrected chi connectivity index (χ1v) is 8.47. The van der Waals surface area contributed by atoms with E-state index in [0.29, 0.717) is 19.4 Å². The van der Waals surface area contributed by atoms with Crippen LogP contribution in [0.4, 0.5) is 5.69 Å². The fourth-order valence-corrected chi connectivity index (χ4v) is 3.71. The predicted molar refractivity (Wildman–Crippen MR) is 94.7 cm³/mol. The van der Waals surface area contributed by atoms with Gasteiger partial charge in [0.05, 0.1) is 0 Å². The number of anilines is 1. The Morgan fingerprint density at radius 3 is 2.58 bits per heavy atom. The Kier molecular flexibility index (Phi) is 6.26. The highest BCUT2D eigenvalue weighted by atomic mass is 16.4. The van der Waals surface area contributed by atoms with Crippen molar-refractivity contribution in [1.29, 1.82) is 0 Å². The van der Waals surface area contributed by atoms with Crippen LogP contribution in [0.15, 0.2) is 30.3 Å². The smallest absolute Gasteiger partial charge is 0.451 e. The van der Waals surface area contributed by atoms with Crippen molar-refractivity contribution in [2.75, 3.05) is 18.5 Å². The molecule has 7 heteroatoms. The number of carboxylic acids is 1. The molecule has 0 saturated heterocycles. The van der Waals surface area contributed by atoms with Gasteiger partial charge in [0.25, 0.3) is 0 Å². The molecule has 5 N–H and O–H groups in total. The molecule has 0 amide bonds. The number of carboxylic acid groups (broad SMARTS) is 1. The van der Waals surface area contributed by atoms with Crippen LogP contribution in [0, 0.1) is 11.8 Å². The summed E-state index contributed by atoms with van der Waals surface area (Å²) in [6, 6.07) is 9.84. The van der Waals surface area contributed by atoms with E-state index in [4.69, 9.17) is 15.8 Å². The van der Waals surface area contributed by atoms with Gasteiger partial charge in [-0.3, -0.25) is 4.79 Å². The second-order valence-electron chi connectivity index (χ2n) is 6.96. The molecule has 132 valence electrons. The number of rotatable bonds is 7. The monoisotopic (exact) mass is 334 g/mol. The number of benzene rings is 1. The normalized spacial score (nSPS) is 26.8. The first kappa shape index (κ1) is 18.8. The molecule has 0 radical (unpaired) electrons. The Bertz CT molecular complexity index is 543. The molecule has 1 aliphatic carbocycles. The highest BCUT2D eigenvalue weighted by Gasteiger charge is 2.47. The Hall–Kier alpha value is -1.57. The van der Waals surface area contributed by atoms with E-state index in [2.05, 4.69) is 0 Å². The van der Waals surface area contributed by atoms with E-state index in [-0.39, 0.29) is 18.2 Å². The lowest BCUT2D eigenvalue weighted by Gasteiger charge is -2.43. The second-order valence-corrected chi connectivity index (χ2v) is 6.96. The van der Waals surface area contributed by atoms with Crippen molar-refractivity contribution < 1.29 is 19.9 Å². The lowest BCUT2D eigenvalue weighted by molar-refractivity contribution is -0.147. The molecule has 6 nitrogen and oxygen atoms in total. The molecule has 0 unspecified atom stereocenters. The zero-order valence-corrected chi connectivity index (χ0v) is 14.1. The molecule has 0 aromatic heterocycles. The van der Waals surface area contributed by atoms with E-state index in [1.165, 1.54) is 0 Å². The third kappa shape index (κ3) is 4.50. The maximum absolute atomic E-state index is 11.8. The van der Waals surface area contributed by atoms with Gasteiger partial charge in [-0.25, -0.2) is 0 Å². The molecule has 0 spiro atoms. The number of hydrogen-bond acceptors (Lipinski definition) is 5. The SMILES string of the molecule is CN(C[C@@H]1CC[C@@H](CCB(O)O)C[C@]1(N)C(=O)O)c1ccccc1. The topological polar surface area (TPSA) is 107 Å². The van der Waals surface area contributed by atoms with Gasteiger partial charge in [0.2, 0.25) is 0 Å². The molecule has 1 saturated carbocycles. The first-order valence-electron chi connectivity index (χ1n) is 8.47. The molecule has 0 heterocycles. The minimum absolute atomic E-state index is 0.117. The molecule has 1 aliphatic rings. The lowest BCUT2D eigenvalue weighted by Crippen LogP contribution is -2.59. The summed E-state index contributed by atoms with van der Waals surface area (Å²) in [6.07, 6.45) is 2.82. The highest BCUT2D eigenvalue weighted by Crippen LogP contribution is 2.39.